The number of halogens is 1. The van der Waals surface area contributed by atoms with Crippen LogP contribution in [-0.4, -0.2) is 9.91 Å². The third-order valence-electron chi connectivity index (χ3n) is 2.28. The summed E-state index contributed by atoms with van der Waals surface area (Å²) in [5, 5.41) is 16.5. The summed E-state index contributed by atoms with van der Waals surface area (Å²) in [7, 11) is 0. The second-order valence-corrected chi connectivity index (χ2v) is 4.69. The molecule has 2 aromatic rings. The Labute approximate surface area is 106 Å². The summed E-state index contributed by atoms with van der Waals surface area (Å²) < 4.78 is 12.9. The summed E-state index contributed by atoms with van der Waals surface area (Å²) in [4.78, 5) is 14.4. The Balaban J connectivity index is 2.16. The van der Waals surface area contributed by atoms with Crippen molar-refractivity contribution < 1.29 is 9.31 Å². The third-order valence-corrected chi connectivity index (χ3v) is 3.11. The van der Waals surface area contributed by atoms with E-state index in [9.17, 15) is 14.5 Å². The van der Waals surface area contributed by atoms with E-state index in [1.807, 2.05) is 12.3 Å². The summed E-state index contributed by atoms with van der Waals surface area (Å²) in [6.07, 6.45) is 0. The number of aromatic nitrogens is 1. The molecule has 0 spiro atoms. The van der Waals surface area contributed by atoms with Gasteiger partial charge in [0.05, 0.1) is 28.2 Å². The lowest BCUT2D eigenvalue weighted by molar-refractivity contribution is -0.384. The molecule has 1 N–H and O–H groups in total. The summed E-state index contributed by atoms with van der Waals surface area (Å²) in [5.74, 6) is -0.628. The van der Waals surface area contributed by atoms with Crippen LogP contribution in [0.3, 0.4) is 0 Å². The first kappa shape index (κ1) is 12.4. The Morgan fingerprint density at radius 1 is 1.56 bits per heavy atom. The minimum Gasteiger partial charge on any atom is -0.374 e. The molecular formula is C11H10FN3O2S. The van der Waals surface area contributed by atoms with Crippen molar-refractivity contribution in [3.8, 4) is 0 Å². The van der Waals surface area contributed by atoms with E-state index in [2.05, 4.69) is 10.3 Å². The van der Waals surface area contributed by atoms with E-state index in [1.165, 1.54) is 23.5 Å². The molecule has 1 heterocycles. The molecule has 0 saturated carbocycles. The first-order chi connectivity index (χ1) is 8.56. The van der Waals surface area contributed by atoms with Gasteiger partial charge in [-0.15, -0.1) is 11.3 Å². The van der Waals surface area contributed by atoms with Gasteiger partial charge < -0.3 is 5.32 Å². The van der Waals surface area contributed by atoms with Crippen LogP contribution in [0.25, 0.3) is 0 Å². The van der Waals surface area contributed by atoms with Crippen molar-refractivity contribution in [2.45, 2.75) is 13.5 Å². The van der Waals surface area contributed by atoms with Crippen molar-refractivity contribution in [3.05, 3.63) is 50.2 Å². The van der Waals surface area contributed by atoms with Crippen LogP contribution in [0.1, 0.15) is 10.7 Å². The number of hydrogen-bond donors (Lipinski definition) is 1. The van der Waals surface area contributed by atoms with Gasteiger partial charge in [0.15, 0.2) is 0 Å². The second kappa shape index (κ2) is 5.09. The molecule has 5 nitrogen and oxygen atoms in total. The van der Waals surface area contributed by atoms with Gasteiger partial charge in [-0.25, -0.2) is 9.37 Å². The number of hydrogen-bond acceptors (Lipinski definition) is 5. The maximum atomic E-state index is 12.9. The highest BCUT2D eigenvalue weighted by Crippen LogP contribution is 2.25. The highest BCUT2D eigenvalue weighted by molar-refractivity contribution is 7.09. The number of nitrogens with zero attached hydrogens (tertiary/aromatic N) is 2. The number of aryl methyl sites for hydroxylation is 1. The zero-order valence-corrected chi connectivity index (χ0v) is 10.3. The molecule has 7 heteroatoms. The van der Waals surface area contributed by atoms with Crippen LogP contribution < -0.4 is 5.32 Å². The van der Waals surface area contributed by atoms with E-state index in [0.29, 0.717) is 6.54 Å². The molecule has 0 saturated heterocycles. The van der Waals surface area contributed by atoms with Gasteiger partial charge in [-0.05, 0) is 19.1 Å². The molecule has 94 valence electrons. The average Bonchev–Trinajstić information content (AvgIpc) is 2.73. The Hall–Kier alpha value is -2.02. The first-order valence-electron chi connectivity index (χ1n) is 5.15. The molecule has 0 atom stereocenters. The number of anilines is 1. The van der Waals surface area contributed by atoms with Crippen molar-refractivity contribution in [1.29, 1.82) is 0 Å². The molecule has 0 aliphatic rings. The van der Waals surface area contributed by atoms with Gasteiger partial charge in [0.25, 0.3) is 5.69 Å². The Bertz CT molecular complexity index is 585. The topological polar surface area (TPSA) is 68.1 Å². The standard InChI is InChI=1S/C11H10FN3O2S/c1-7-14-9(6-18-7)5-13-10-3-2-8(12)4-11(10)15(16)17/h2-4,6,13H,5H2,1H3. The molecule has 0 fully saturated rings. The molecule has 0 radical (unpaired) electrons. The normalized spacial score (nSPS) is 10.3. The average molecular weight is 267 g/mol. The number of nitro groups is 1. The fraction of sp³-hybridized carbons (Fsp3) is 0.182. The van der Waals surface area contributed by atoms with E-state index in [1.54, 1.807) is 0 Å². The van der Waals surface area contributed by atoms with Crippen LogP contribution in [-0.2, 0) is 6.54 Å². The zero-order chi connectivity index (χ0) is 13.1. The smallest absolute Gasteiger partial charge is 0.295 e. The molecule has 0 aliphatic heterocycles. The lowest BCUT2D eigenvalue weighted by Crippen LogP contribution is -2.03. The zero-order valence-electron chi connectivity index (χ0n) is 9.51. The largest absolute Gasteiger partial charge is 0.374 e. The molecule has 1 aromatic heterocycles. The van der Waals surface area contributed by atoms with Crippen molar-refractivity contribution in [2.75, 3.05) is 5.32 Å². The van der Waals surface area contributed by atoms with Gasteiger partial charge in [0.2, 0.25) is 0 Å². The quantitative estimate of drug-likeness (QED) is 0.682. The Morgan fingerprint density at radius 3 is 2.94 bits per heavy atom. The van der Waals surface area contributed by atoms with Gasteiger partial charge in [-0.1, -0.05) is 0 Å². The number of benzene rings is 1. The monoisotopic (exact) mass is 267 g/mol. The van der Waals surface area contributed by atoms with Gasteiger partial charge >= 0.3 is 0 Å². The number of nitrogens with one attached hydrogen (secondary N) is 1. The number of thiazole rings is 1. The van der Waals surface area contributed by atoms with E-state index in [0.717, 1.165) is 16.8 Å². The molecule has 2 rings (SSSR count). The fourth-order valence-corrected chi connectivity index (χ4v) is 2.09. The van der Waals surface area contributed by atoms with Crippen LogP contribution in [0.2, 0.25) is 0 Å². The fourth-order valence-electron chi connectivity index (χ4n) is 1.48. The van der Waals surface area contributed by atoms with Gasteiger partial charge in [0.1, 0.15) is 11.5 Å². The van der Waals surface area contributed by atoms with Gasteiger partial charge in [-0.3, -0.25) is 10.1 Å². The Kier molecular flexibility index (Phi) is 3.52. The summed E-state index contributed by atoms with van der Waals surface area (Å²) in [6, 6.07) is 3.43. The molecule has 0 unspecified atom stereocenters. The van der Waals surface area contributed by atoms with Crippen molar-refractivity contribution in [1.82, 2.24) is 4.98 Å². The maximum Gasteiger partial charge on any atom is 0.295 e. The minimum atomic E-state index is -0.628. The van der Waals surface area contributed by atoms with E-state index in [4.69, 9.17) is 0 Å². The molecular weight excluding hydrogens is 257 g/mol. The van der Waals surface area contributed by atoms with Crippen LogP contribution in [0, 0.1) is 22.9 Å². The molecule has 0 bridgehead atoms. The molecule has 0 aliphatic carbocycles. The third kappa shape index (κ3) is 2.80. The maximum absolute atomic E-state index is 12.9. The van der Waals surface area contributed by atoms with E-state index >= 15 is 0 Å². The lowest BCUT2D eigenvalue weighted by Gasteiger charge is -2.05. The molecule has 0 amide bonds. The highest BCUT2D eigenvalue weighted by atomic mass is 32.1. The van der Waals surface area contributed by atoms with Crippen LogP contribution in [0.15, 0.2) is 23.6 Å². The van der Waals surface area contributed by atoms with E-state index in [-0.39, 0.29) is 11.4 Å². The second-order valence-electron chi connectivity index (χ2n) is 3.63. The van der Waals surface area contributed by atoms with Crippen molar-refractivity contribution >= 4 is 22.7 Å². The first-order valence-corrected chi connectivity index (χ1v) is 6.03. The lowest BCUT2D eigenvalue weighted by atomic mass is 10.2. The predicted molar refractivity (Wildman–Crippen MR) is 67.2 cm³/mol. The predicted octanol–water partition coefficient (Wildman–Crippen LogP) is 3.11. The SMILES string of the molecule is Cc1nc(CNc2ccc(F)cc2[N+](=O)[O-])cs1. The van der Waals surface area contributed by atoms with Gasteiger partial charge in [0, 0.05) is 5.38 Å². The number of nitro benzene ring substituents is 1. The van der Waals surface area contributed by atoms with E-state index < -0.39 is 10.7 Å². The van der Waals surface area contributed by atoms with Crippen LogP contribution in [0.5, 0.6) is 0 Å². The van der Waals surface area contributed by atoms with Crippen molar-refractivity contribution in [2.24, 2.45) is 0 Å². The minimum absolute atomic E-state index is 0.276. The van der Waals surface area contributed by atoms with Crippen LogP contribution in [0.4, 0.5) is 15.8 Å². The molecule has 1 aromatic carbocycles. The van der Waals surface area contributed by atoms with Gasteiger partial charge in [-0.2, -0.15) is 0 Å². The summed E-state index contributed by atoms with van der Waals surface area (Å²) in [5.41, 5.74) is 0.810. The van der Waals surface area contributed by atoms with Crippen LogP contribution >= 0.6 is 11.3 Å². The molecule has 18 heavy (non-hydrogen) atoms. The summed E-state index contributed by atoms with van der Waals surface area (Å²) in [6.45, 7) is 2.26. The highest BCUT2D eigenvalue weighted by Gasteiger charge is 2.14. The summed E-state index contributed by atoms with van der Waals surface area (Å²) >= 11 is 1.51. The van der Waals surface area contributed by atoms with Crippen molar-refractivity contribution in [3.63, 3.8) is 0 Å². The Morgan fingerprint density at radius 2 is 2.33 bits per heavy atom. The number of rotatable bonds is 4.